The van der Waals surface area contributed by atoms with Gasteiger partial charge in [-0.25, -0.2) is 0 Å². The average molecular weight is 261 g/mol. The molecule has 0 spiro atoms. The highest BCUT2D eigenvalue weighted by Crippen LogP contribution is 2.25. The lowest BCUT2D eigenvalue weighted by Gasteiger charge is -2.37. The number of piperidine rings is 1. The second kappa shape index (κ2) is 7.01. The van der Waals surface area contributed by atoms with E-state index in [1.54, 1.807) is 0 Å². The lowest BCUT2D eigenvalue weighted by molar-refractivity contribution is 0.127. The molecule has 0 aliphatic carbocycles. The first kappa shape index (κ1) is 14.5. The molecule has 1 aliphatic heterocycles. The minimum absolute atomic E-state index is 0.433. The Kier molecular flexibility index (Phi) is 5.34. The van der Waals surface area contributed by atoms with Gasteiger partial charge in [0.25, 0.3) is 0 Å². The Morgan fingerprint density at radius 2 is 2.21 bits per heavy atom. The lowest BCUT2D eigenvalue weighted by atomic mass is 9.96. The van der Waals surface area contributed by atoms with Crippen LogP contribution in [0.4, 0.5) is 0 Å². The van der Waals surface area contributed by atoms with E-state index in [-0.39, 0.29) is 0 Å². The Morgan fingerprint density at radius 3 is 2.89 bits per heavy atom. The van der Waals surface area contributed by atoms with Crippen molar-refractivity contribution in [2.75, 3.05) is 19.6 Å². The highest BCUT2D eigenvalue weighted by Gasteiger charge is 2.24. The second-order valence-corrected chi connectivity index (χ2v) is 6.00. The number of rotatable bonds is 5. The predicted octanol–water partition coefficient (Wildman–Crippen LogP) is 2.85. The van der Waals surface area contributed by atoms with Crippen molar-refractivity contribution in [3.63, 3.8) is 0 Å². The summed E-state index contributed by atoms with van der Waals surface area (Å²) in [7, 11) is 0. The first-order valence-electron chi connectivity index (χ1n) is 7.55. The molecule has 1 fully saturated rings. The van der Waals surface area contributed by atoms with Gasteiger partial charge in [-0.15, -0.1) is 0 Å². The molecular formula is C16H27N3. The summed E-state index contributed by atoms with van der Waals surface area (Å²) >= 11 is 0. The van der Waals surface area contributed by atoms with Crippen molar-refractivity contribution in [1.82, 2.24) is 15.2 Å². The molecule has 0 saturated carbocycles. The minimum atomic E-state index is 0.433. The zero-order chi connectivity index (χ0) is 13.7. The minimum Gasteiger partial charge on any atom is -0.314 e. The summed E-state index contributed by atoms with van der Waals surface area (Å²) in [5, 5.41) is 3.57. The maximum absolute atomic E-state index is 4.50. The van der Waals surface area contributed by atoms with Crippen LogP contribution in [0.15, 0.2) is 24.4 Å². The summed E-state index contributed by atoms with van der Waals surface area (Å²) in [4.78, 5) is 7.08. The Labute approximate surface area is 117 Å². The van der Waals surface area contributed by atoms with Crippen LogP contribution in [-0.2, 0) is 0 Å². The summed E-state index contributed by atoms with van der Waals surface area (Å²) in [5.41, 5.74) is 1.19. The first-order valence-corrected chi connectivity index (χ1v) is 7.55. The Balaban J connectivity index is 1.90. The maximum atomic E-state index is 4.50. The van der Waals surface area contributed by atoms with E-state index in [9.17, 15) is 0 Å². The Morgan fingerprint density at radius 1 is 1.37 bits per heavy atom. The summed E-state index contributed by atoms with van der Waals surface area (Å²) in [6.45, 7) is 10.3. The van der Waals surface area contributed by atoms with Crippen LogP contribution in [0, 0.1) is 5.92 Å². The van der Waals surface area contributed by atoms with Crippen LogP contribution in [0.5, 0.6) is 0 Å². The van der Waals surface area contributed by atoms with Crippen molar-refractivity contribution in [1.29, 1.82) is 0 Å². The molecule has 1 saturated heterocycles. The number of hydrogen-bond donors (Lipinski definition) is 1. The van der Waals surface area contributed by atoms with Gasteiger partial charge in [-0.2, -0.15) is 0 Å². The van der Waals surface area contributed by atoms with Crippen molar-refractivity contribution in [3.8, 4) is 0 Å². The maximum Gasteiger partial charge on any atom is 0.0572 e. The number of nitrogens with one attached hydrogen (secondary N) is 1. The van der Waals surface area contributed by atoms with E-state index < -0.39 is 0 Å². The molecule has 1 N–H and O–H groups in total. The van der Waals surface area contributed by atoms with Gasteiger partial charge >= 0.3 is 0 Å². The molecule has 2 heterocycles. The zero-order valence-corrected chi connectivity index (χ0v) is 12.5. The van der Waals surface area contributed by atoms with E-state index in [1.807, 2.05) is 12.3 Å². The number of hydrogen-bond acceptors (Lipinski definition) is 3. The predicted molar refractivity (Wildman–Crippen MR) is 80.1 cm³/mol. The normalized spacial score (nSPS) is 22.6. The first-order chi connectivity index (χ1) is 9.16. The molecule has 0 bridgehead atoms. The summed E-state index contributed by atoms with van der Waals surface area (Å²) in [5.74, 6) is 0.780. The number of nitrogens with zero attached hydrogens (tertiary/aromatic N) is 2. The summed E-state index contributed by atoms with van der Waals surface area (Å²) in [6.07, 6.45) is 4.56. The van der Waals surface area contributed by atoms with Crippen LogP contribution in [0.2, 0.25) is 0 Å². The van der Waals surface area contributed by atoms with Gasteiger partial charge in [-0.05, 0) is 50.9 Å². The quantitative estimate of drug-likeness (QED) is 0.883. The van der Waals surface area contributed by atoms with E-state index in [1.165, 1.54) is 31.6 Å². The van der Waals surface area contributed by atoms with Crippen LogP contribution in [0.25, 0.3) is 0 Å². The molecule has 1 aliphatic rings. The molecule has 3 nitrogen and oxygen atoms in total. The number of pyridine rings is 1. The fraction of sp³-hybridized carbons (Fsp3) is 0.688. The van der Waals surface area contributed by atoms with Gasteiger partial charge in [0.15, 0.2) is 0 Å². The summed E-state index contributed by atoms with van der Waals surface area (Å²) < 4.78 is 0. The molecule has 2 unspecified atom stereocenters. The van der Waals surface area contributed by atoms with Gasteiger partial charge in [0.2, 0.25) is 0 Å². The molecule has 3 heteroatoms. The van der Waals surface area contributed by atoms with E-state index in [4.69, 9.17) is 0 Å². The average Bonchev–Trinajstić information content (AvgIpc) is 2.45. The molecule has 19 heavy (non-hydrogen) atoms. The third kappa shape index (κ3) is 4.29. The Bertz CT molecular complexity index is 364. The van der Waals surface area contributed by atoms with Gasteiger partial charge < -0.3 is 5.32 Å². The van der Waals surface area contributed by atoms with Crippen LogP contribution >= 0.6 is 0 Å². The zero-order valence-electron chi connectivity index (χ0n) is 12.5. The smallest absolute Gasteiger partial charge is 0.0572 e. The van der Waals surface area contributed by atoms with Crippen LogP contribution < -0.4 is 5.32 Å². The standard InChI is InChI=1S/C16H27N3/c1-13(2)18-11-15-7-6-10-19(12-15)14(3)16-8-4-5-9-17-16/h4-5,8-9,13-15,18H,6-7,10-12H2,1-3H3. The van der Waals surface area contributed by atoms with Crippen molar-refractivity contribution < 1.29 is 0 Å². The van der Waals surface area contributed by atoms with E-state index >= 15 is 0 Å². The number of likely N-dealkylation sites (tertiary alicyclic amines) is 1. The topological polar surface area (TPSA) is 28.2 Å². The molecule has 0 radical (unpaired) electrons. The van der Waals surface area contributed by atoms with E-state index in [0.717, 1.165) is 12.5 Å². The monoisotopic (exact) mass is 261 g/mol. The van der Waals surface area contributed by atoms with Gasteiger partial charge in [-0.1, -0.05) is 19.9 Å². The molecule has 1 aromatic heterocycles. The van der Waals surface area contributed by atoms with E-state index in [0.29, 0.717) is 12.1 Å². The van der Waals surface area contributed by atoms with Crippen LogP contribution in [0.3, 0.4) is 0 Å². The fourth-order valence-electron chi connectivity index (χ4n) is 2.83. The van der Waals surface area contributed by atoms with Crippen LogP contribution in [-0.4, -0.2) is 35.6 Å². The van der Waals surface area contributed by atoms with Gasteiger partial charge in [-0.3, -0.25) is 9.88 Å². The van der Waals surface area contributed by atoms with E-state index in [2.05, 4.69) is 48.1 Å². The third-order valence-electron chi connectivity index (χ3n) is 4.03. The van der Waals surface area contributed by atoms with Gasteiger partial charge in [0.1, 0.15) is 0 Å². The molecule has 1 aromatic rings. The molecule has 0 amide bonds. The van der Waals surface area contributed by atoms with Gasteiger partial charge in [0.05, 0.1) is 5.69 Å². The lowest BCUT2D eigenvalue weighted by Crippen LogP contribution is -2.42. The number of aromatic nitrogens is 1. The molecule has 2 atom stereocenters. The Hall–Kier alpha value is -0.930. The van der Waals surface area contributed by atoms with Crippen LogP contribution in [0.1, 0.15) is 45.3 Å². The molecule has 0 aromatic carbocycles. The SMILES string of the molecule is CC(C)NCC1CCCN(C(C)c2ccccn2)C1. The molecule has 106 valence electrons. The van der Waals surface area contributed by atoms with Gasteiger partial charge in [0, 0.05) is 24.8 Å². The highest BCUT2D eigenvalue weighted by atomic mass is 15.2. The molecular weight excluding hydrogens is 234 g/mol. The molecule has 2 rings (SSSR count). The fourth-order valence-corrected chi connectivity index (χ4v) is 2.83. The third-order valence-corrected chi connectivity index (χ3v) is 4.03. The van der Waals surface area contributed by atoms with Crippen molar-refractivity contribution >= 4 is 0 Å². The summed E-state index contributed by atoms with van der Waals surface area (Å²) in [6, 6.07) is 7.23. The highest BCUT2D eigenvalue weighted by molar-refractivity contribution is 5.08. The van der Waals surface area contributed by atoms with Crippen molar-refractivity contribution in [2.45, 2.75) is 45.7 Å². The van der Waals surface area contributed by atoms with Crippen molar-refractivity contribution in [2.24, 2.45) is 5.92 Å². The second-order valence-electron chi connectivity index (χ2n) is 6.00. The largest absolute Gasteiger partial charge is 0.314 e. The van der Waals surface area contributed by atoms with Crippen molar-refractivity contribution in [3.05, 3.63) is 30.1 Å².